The summed E-state index contributed by atoms with van der Waals surface area (Å²) in [5, 5.41) is 11.9. The first-order chi connectivity index (χ1) is 15.3. The normalized spacial score (nSPS) is 21.4. The van der Waals surface area contributed by atoms with Crippen molar-refractivity contribution in [1.82, 2.24) is 5.06 Å². The second-order valence-electron chi connectivity index (χ2n) is 7.79. The van der Waals surface area contributed by atoms with Gasteiger partial charge in [0, 0.05) is 0 Å². The third kappa shape index (κ3) is 6.23. The third-order valence-corrected chi connectivity index (χ3v) is 5.49. The van der Waals surface area contributed by atoms with Gasteiger partial charge in [0.2, 0.25) is 0 Å². The highest BCUT2D eigenvalue weighted by Crippen LogP contribution is 2.25. The van der Waals surface area contributed by atoms with E-state index in [1.807, 2.05) is 91.0 Å². The van der Waals surface area contributed by atoms with Gasteiger partial charge in [0.05, 0.1) is 39.0 Å². The zero-order chi connectivity index (χ0) is 21.3. The molecule has 0 aliphatic carbocycles. The van der Waals surface area contributed by atoms with Crippen LogP contribution in [0.3, 0.4) is 0 Å². The van der Waals surface area contributed by atoms with Crippen LogP contribution >= 0.6 is 0 Å². The molecule has 0 bridgehead atoms. The average molecular weight is 420 g/mol. The van der Waals surface area contributed by atoms with Gasteiger partial charge in [-0.1, -0.05) is 91.0 Å². The van der Waals surface area contributed by atoms with Crippen molar-refractivity contribution in [3.8, 4) is 0 Å². The Hall–Kier alpha value is -2.54. The number of hydroxylamine groups is 2. The van der Waals surface area contributed by atoms with Crippen molar-refractivity contribution < 1.29 is 19.4 Å². The molecule has 0 amide bonds. The molecule has 5 nitrogen and oxygen atoms in total. The Morgan fingerprint density at radius 3 is 1.71 bits per heavy atom. The molecule has 1 aliphatic rings. The van der Waals surface area contributed by atoms with Gasteiger partial charge in [-0.15, -0.1) is 0 Å². The fourth-order valence-electron chi connectivity index (χ4n) is 3.80. The summed E-state index contributed by atoms with van der Waals surface area (Å²) in [6.07, 6.45) is -0.552. The molecule has 1 saturated heterocycles. The van der Waals surface area contributed by atoms with Crippen LogP contribution in [0.4, 0.5) is 0 Å². The van der Waals surface area contributed by atoms with Gasteiger partial charge in [-0.2, -0.15) is 5.06 Å². The van der Waals surface area contributed by atoms with Crippen LogP contribution in [-0.2, 0) is 34.0 Å². The molecule has 0 saturated carbocycles. The first kappa shape index (κ1) is 21.7. The van der Waals surface area contributed by atoms with Gasteiger partial charge < -0.3 is 19.4 Å². The summed E-state index contributed by atoms with van der Waals surface area (Å²) in [4.78, 5) is 0. The Labute approximate surface area is 183 Å². The molecule has 3 aromatic carbocycles. The smallest absolute Gasteiger partial charge is 0.105 e. The van der Waals surface area contributed by atoms with E-state index in [1.165, 1.54) is 5.06 Å². The van der Waals surface area contributed by atoms with E-state index in [9.17, 15) is 5.21 Å². The lowest BCUT2D eigenvalue weighted by Crippen LogP contribution is -2.40. The SMILES string of the molecule is ON1CC(OCc2ccccc2)C(OCc2ccccc2)[C@H]1COCc1ccccc1. The number of benzene rings is 3. The Bertz CT molecular complexity index is 891. The van der Waals surface area contributed by atoms with Crippen LogP contribution in [-0.4, -0.2) is 41.7 Å². The minimum atomic E-state index is -0.301. The summed E-state index contributed by atoms with van der Waals surface area (Å²) in [7, 11) is 0. The van der Waals surface area contributed by atoms with Crippen molar-refractivity contribution >= 4 is 0 Å². The predicted molar refractivity (Wildman–Crippen MR) is 118 cm³/mol. The van der Waals surface area contributed by atoms with Gasteiger partial charge in [-0.05, 0) is 16.7 Å². The molecular weight excluding hydrogens is 390 g/mol. The summed E-state index contributed by atoms with van der Waals surface area (Å²) < 4.78 is 18.4. The minimum Gasteiger partial charge on any atom is -0.375 e. The third-order valence-electron chi connectivity index (χ3n) is 5.49. The molecule has 2 unspecified atom stereocenters. The zero-order valence-electron chi connectivity index (χ0n) is 17.5. The lowest BCUT2D eigenvalue weighted by molar-refractivity contribution is -0.144. The maximum Gasteiger partial charge on any atom is 0.105 e. The maximum absolute atomic E-state index is 10.6. The summed E-state index contributed by atoms with van der Waals surface area (Å²) in [6, 6.07) is 29.8. The van der Waals surface area contributed by atoms with Crippen molar-refractivity contribution in [2.24, 2.45) is 0 Å². The van der Waals surface area contributed by atoms with Crippen molar-refractivity contribution in [1.29, 1.82) is 0 Å². The van der Waals surface area contributed by atoms with Gasteiger partial charge in [-0.3, -0.25) is 0 Å². The van der Waals surface area contributed by atoms with Crippen molar-refractivity contribution in [3.63, 3.8) is 0 Å². The van der Waals surface area contributed by atoms with Gasteiger partial charge in [0.1, 0.15) is 12.2 Å². The topological polar surface area (TPSA) is 51.2 Å². The number of hydrogen-bond donors (Lipinski definition) is 1. The second kappa shape index (κ2) is 11.2. The van der Waals surface area contributed by atoms with Crippen molar-refractivity contribution in [2.45, 2.75) is 38.1 Å². The van der Waals surface area contributed by atoms with E-state index in [4.69, 9.17) is 14.2 Å². The monoisotopic (exact) mass is 419 g/mol. The van der Waals surface area contributed by atoms with Gasteiger partial charge in [0.15, 0.2) is 0 Å². The highest BCUT2D eigenvalue weighted by molar-refractivity contribution is 5.15. The first-order valence-corrected chi connectivity index (χ1v) is 10.7. The minimum absolute atomic E-state index is 0.251. The van der Waals surface area contributed by atoms with Crippen LogP contribution in [0.15, 0.2) is 91.0 Å². The van der Waals surface area contributed by atoms with E-state index in [-0.39, 0.29) is 18.2 Å². The van der Waals surface area contributed by atoms with E-state index in [2.05, 4.69) is 0 Å². The van der Waals surface area contributed by atoms with Gasteiger partial charge in [-0.25, -0.2) is 0 Å². The van der Waals surface area contributed by atoms with Gasteiger partial charge in [0.25, 0.3) is 0 Å². The molecule has 1 fully saturated rings. The summed E-state index contributed by atoms with van der Waals surface area (Å²) in [5.74, 6) is 0. The molecule has 0 spiro atoms. The van der Waals surface area contributed by atoms with Crippen LogP contribution in [0.2, 0.25) is 0 Å². The predicted octanol–water partition coefficient (Wildman–Crippen LogP) is 4.45. The number of nitrogens with zero attached hydrogens (tertiary/aromatic N) is 1. The lowest BCUT2D eigenvalue weighted by Gasteiger charge is -2.26. The van der Waals surface area contributed by atoms with E-state index in [1.54, 1.807) is 0 Å². The molecule has 3 aromatic rings. The molecule has 31 heavy (non-hydrogen) atoms. The summed E-state index contributed by atoms with van der Waals surface area (Å²) in [5.41, 5.74) is 3.28. The Kier molecular flexibility index (Phi) is 7.82. The zero-order valence-corrected chi connectivity index (χ0v) is 17.5. The van der Waals surface area contributed by atoms with Crippen LogP contribution < -0.4 is 0 Å². The molecule has 4 rings (SSSR count). The quantitative estimate of drug-likeness (QED) is 0.526. The van der Waals surface area contributed by atoms with E-state index < -0.39 is 0 Å². The fraction of sp³-hybridized carbons (Fsp3) is 0.308. The van der Waals surface area contributed by atoms with Crippen molar-refractivity contribution in [2.75, 3.05) is 13.2 Å². The molecule has 0 radical (unpaired) electrons. The first-order valence-electron chi connectivity index (χ1n) is 10.7. The van der Waals surface area contributed by atoms with Crippen molar-refractivity contribution in [3.05, 3.63) is 108 Å². The number of ether oxygens (including phenoxy) is 3. The number of hydrogen-bond acceptors (Lipinski definition) is 5. The van der Waals surface area contributed by atoms with Crippen LogP contribution in [0, 0.1) is 0 Å². The second-order valence-corrected chi connectivity index (χ2v) is 7.79. The molecule has 1 aliphatic heterocycles. The summed E-state index contributed by atoms with van der Waals surface area (Å²) >= 11 is 0. The largest absolute Gasteiger partial charge is 0.375 e. The van der Waals surface area contributed by atoms with Crippen LogP contribution in [0.5, 0.6) is 0 Å². The molecule has 5 heteroatoms. The Morgan fingerprint density at radius 1 is 0.677 bits per heavy atom. The molecule has 1 heterocycles. The fourth-order valence-corrected chi connectivity index (χ4v) is 3.80. The highest BCUT2D eigenvalue weighted by Gasteiger charge is 2.43. The molecule has 1 N–H and O–H groups in total. The lowest BCUT2D eigenvalue weighted by atomic mass is 10.1. The molecule has 162 valence electrons. The molecule has 3 atom stereocenters. The number of rotatable bonds is 10. The average Bonchev–Trinajstić information content (AvgIpc) is 3.12. The van der Waals surface area contributed by atoms with Crippen LogP contribution in [0.25, 0.3) is 0 Å². The maximum atomic E-state index is 10.6. The Morgan fingerprint density at radius 2 is 1.16 bits per heavy atom. The Balaban J connectivity index is 1.39. The standard InChI is InChI=1S/C26H29NO4/c28-27-16-25(30-18-22-12-6-2-7-13-22)26(31-19-23-14-8-3-9-15-23)24(27)20-29-17-21-10-4-1-5-11-21/h1-15,24-26,28H,16-20H2/t24-,25?,26?/m1/s1. The summed E-state index contributed by atoms with van der Waals surface area (Å²) in [6.45, 7) is 2.16. The van der Waals surface area contributed by atoms with Crippen LogP contribution in [0.1, 0.15) is 16.7 Å². The van der Waals surface area contributed by atoms with E-state index in [0.29, 0.717) is 33.0 Å². The highest BCUT2D eigenvalue weighted by atomic mass is 16.6. The molecule has 0 aromatic heterocycles. The van der Waals surface area contributed by atoms with E-state index in [0.717, 1.165) is 16.7 Å². The van der Waals surface area contributed by atoms with Gasteiger partial charge >= 0.3 is 0 Å². The van der Waals surface area contributed by atoms with E-state index >= 15 is 0 Å². The molecular formula is C26H29NO4.